The monoisotopic (exact) mass is 475 g/mol. The fourth-order valence-electron chi connectivity index (χ4n) is 3.55. The minimum atomic E-state index is -3.86. The first-order valence-corrected chi connectivity index (χ1v) is 12.2. The van der Waals surface area contributed by atoms with Gasteiger partial charge < -0.3 is 15.0 Å². The Bertz CT molecular complexity index is 1220. The van der Waals surface area contributed by atoms with Crippen molar-refractivity contribution in [1.82, 2.24) is 4.31 Å². The zero-order chi connectivity index (χ0) is 22.7. The summed E-state index contributed by atoms with van der Waals surface area (Å²) in [5.41, 5.74) is 1.23. The smallest absolute Gasteiger partial charge is 0.267 e. The van der Waals surface area contributed by atoms with Crippen molar-refractivity contribution in [1.29, 1.82) is 0 Å². The van der Waals surface area contributed by atoms with Crippen molar-refractivity contribution in [3.05, 3.63) is 70.7 Å². The standard InChI is InChI=1S/C22H22FN3O4S2/c1-30-19-7-3-6-18(15-19)25-9-11-26(12-10-25)32(28,29)20-8-13-31-21(20)22(27)24-17-5-2-4-16(23)14-17/h2-8,13-15H,9-12H2,1H3,(H,24,27). The first kappa shape index (κ1) is 22.3. The van der Waals surface area contributed by atoms with Crippen LogP contribution in [-0.2, 0) is 10.0 Å². The Balaban J connectivity index is 1.48. The fraction of sp³-hybridized carbons (Fsp3) is 0.227. The molecule has 32 heavy (non-hydrogen) atoms. The third-order valence-electron chi connectivity index (χ3n) is 5.19. The van der Waals surface area contributed by atoms with Gasteiger partial charge >= 0.3 is 0 Å². The molecule has 10 heteroatoms. The maximum atomic E-state index is 13.4. The van der Waals surface area contributed by atoms with Crippen LogP contribution in [0.3, 0.4) is 0 Å². The molecule has 1 aliphatic rings. The number of rotatable bonds is 6. The van der Waals surface area contributed by atoms with E-state index in [1.807, 2.05) is 24.3 Å². The van der Waals surface area contributed by atoms with E-state index in [1.54, 1.807) is 18.6 Å². The number of nitrogens with one attached hydrogen (secondary N) is 1. The second kappa shape index (κ2) is 9.27. The van der Waals surface area contributed by atoms with Crippen LogP contribution in [0.5, 0.6) is 5.75 Å². The molecule has 0 saturated carbocycles. The van der Waals surface area contributed by atoms with E-state index in [9.17, 15) is 17.6 Å². The highest BCUT2D eigenvalue weighted by Gasteiger charge is 2.32. The summed E-state index contributed by atoms with van der Waals surface area (Å²) >= 11 is 1.04. The minimum absolute atomic E-state index is 0.0359. The zero-order valence-corrected chi connectivity index (χ0v) is 19.0. The number of hydrogen-bond acceptors (Lipinski definition) is 6. The summed E-state index contributed by atoms with van der Waals surface area (Å²) in [6.07, 6.45) is 0. The molecule has 1 saturated heterocycles. The molecule has 1 aliphatic heterocycles. The summed E-state index contributed by atoms with van der Waals surface area (Å²) < 4.78 is 46.6. The van der Waals surface area contributed by atoms with Gasteiger partial charge in [-0.3, -0.25) is 4.79 Å². The van der Waals surface area contributed by atoms with Gasteiger partial charge in [0.2, 0.25) is 10.0 Å². The summed E-state index contributed by atoms with van der Waals surface area (Å²) in [6.45, 7) is 1.61. The number of amides is 1. The molecule has 0 unspecified atom stereocenters. The van der Waals surface area contributed by atoms with Crippen LogP contribution in [0.4, 0.5) is 15.8 Å². The summed E-state index contributed by atoms with van der Waals surface area (Å²) in [5, 5.41) is 4.14. The number of piperazine rings is 1. The van der Waals surface area contributed by atoms with Crippen molar-refractivity contribution in [2.75, 3.05) is 43.5 Å². The summed E-state index contributed by atoms with van der Waals surface area (Å²) in [4.78, 5) is 14.8. The van der Waals surface area contributed by atoms with Crippen LogP contribution in [0.25, 0.3) is 0 Å². The molecule has 2 heterocycles. The lowest BCUT2D eigenvalue weighted by atomic mass is 10.2. The van der Waals surface area contributed by atoms with E-state index in [0.717, 1.165) is 22.8 Å². The minimum Gasteiger partial charge on any atom is -0.497 e. The molecule has 0 atom stereocenters. The second-order valence-corrected chi connectivity index (χ2v) is 9.99. The normalized spacial score (nSPS) is 14.9. The second-order valence-electron chi connectivity index (χ2n) is 7.17. The lowest BCUT2D eigenvalue weighted by molar-refractivity contribution is 0.102. The number of hydrogen-bond donors (Lipinski definition) is 1. The van der Waals surface area contributed by atoms with Crippen molar-refractivity contribution in [2.24, 2.45) is 0 Å². The molecule has 0 bridgehead atoms. The molecule has 1 aromatic heterocycles. The number of thiophene rings is 1. The number of carbonyl (C=O) groups excluding carboxylic acids is 1. The van der Waals surface area contributed by atoms with Gasteiger partial charge in [0.05, 0.1) is 7.11 Å². The molecule has 1 fully saturated rings. The van der Waals surface area contributed by atoms with Crippen molar-refractivity contribution in [3.63, 3.8) is 0 Å². The molecule has 7 nitrogen and oxygen atoms in total. The molecule has 0 spiro atoms. The molecular weight excluding hydrogens is 453 g/mol. The number of carbonyl (C=O) groups is 1. The van der Waals surface area contributed by atoms with Crippen molar-refractivity contribution in [3.8, 4) is 5.75 Å². The van der Waals surface area contributed by atoms with E-state index in [4.69, 9.17) is 4.74 Å². The summed E-state index contributed by atoms with van der Waals surface area (Å²) in [5.74, 6) is -0.334. The topological polar surface area (TPSA) is 79.0 Å². The van der Waals surface area contributed by atoms with Gasteiger partial charge in [-0.25, -0.2) is 12.8 Å². The molecule has 1 amide bonds. The number of anilines is 2. The maximum Gasteiger partial charge on any atom is 0.267 e. The van der Waals surface area contributed by atoms with Gasteiger partial charge in [0.25, 0.3) is 5.91 Å². The Morgan fingerprint density at radius 1 is 1.06 bits per heavy atom. The van der Waals surface area contributed by atoms with E-state index in [-0.39, 0.29) is 15.5 Å². The number of benzene rings is 2. The van der Waals surface area contributed by atoms with Crippen molar-refractivity contribution in [2.45, 2.75) is 4.90 Å². The van der Waals surface area contributed by atoms with Crippen LogP contribution >= 0.6 is 11.3 Å². The van der Waals surface area contributed by atoms with Gasteiger partial charge in [-0.1, -0.05) is 12.1 Å². The van der Waals surface area contributed by atoms with Gasteiger partial charge in [0.15, 0.2) is 0 Å². The van der Waals surface area contributed by atoms with Gasteiger partial charge in [-0.05, 0) is 41.8 Å². The van der Waals surface area contributed by atoms with E-state index in [0.29, 0.717) is 26.2 Å². The quantitative estimate of drug-likeness (QED) is 0.589. The van der Waals surface area contributed by atoms with Crippen LogP contribution < -0.4 is 15.0 Å². The summed E-state index contributed by atoms with van der Waals surface area (Å²) in [6, 6.07) is 14.5. The number of sulfonamides is 1. The van der Waals surface area contributed by atoms with E-state index >= 15 is 0 Å². The average molecular weight is 476 g/mol. The Morgan fingerprint density at radius 2 is 1.81 bits per heavy atom. The number of ether oxygens (including phenoxy) is 1. The molecular formula is C22H22FN3O4S2. The predicted molar refractivity (Wildman–Crippen MR) is 123 cm³/mol. The molecule has 4 rings (SSSR count). The number of halogens is 1. The van der Waals surface area contributed by atoms with Gasteiger partial charge in [0, 0.05) is 43.6 Å². The predicted octanol–water partition coefficient (Wildman–Crippen LogP) is 3.66. The van der Waals surface area contributed by atoms with Crippen LogP contribution in [0.1, 0.15) is 9.67 Å². The van der Waals surface area contributed by atoms with Crippen LogP contribution in [0.15, 0.2) is 64.9 Å². The lowest BCUT2D eigenvalue weighted by Gasteiger charge is -2.35. The van der Waals surface area contributed by atoms with Crippen LogP contribution in [0, 0.1) is 5.82 Å². The first-order chi connectivity index (χ1) is 15.4. The van der Waals surface area contributed by atoms with E-state index < -0.39 is 21.7 Å². The number of methoxy groups -OCH3 is 1. The Hall–Kier alpha value is -2.95. The fourth-order valence-corrected chi connectivity index (χ4v) is 6.27. The SMILES string of the molecule is COc1cccc(N2CCN(S(=O)(=O)c3ccsc3C(=O)Nc3cccc(F)c3)CC2)c1. The van der Waals surface area contributed by atoms with Gasteiger partial charge in [-0.2, -0.15) is 4.31 Å². The van der Waals surface area contributed by atoms with Crippen LogP contribution in [0.2, 0.25) is 0 Å². The van der Waals surface area contributed by atoms with Gasteiger partial charge in [0.1, 0.15) is 21.3 Å². The Labute approximate surface area is 190 Å². The van der Waals surface area contributed by atoms with Crippen LogP contribution in [-0.4, -0.2) is 51.9 Å². The highest BCUT2D eigenvalue weighted by Crippen LogP contribution is 2.28. The molecule has 0 radical (unpaired) electrons. The third-order valence-corrected chi connectivity index (χ3v) is 8.18. The first-order valence-electron chi connectivity index (χ1n) is 9.92. The maximum absolute atomic E-state index is 13.4. The van der Waals surface area contributed by atoms with E-state index in [2.05, 4.69) is 10.2 Å². The molecule has 3 aromatic rings. The summed E-state index contributed by atoms with van der Waals surface area (Å²) in [7, 11) is -2.25. The third kappa shape index (κ3) is 4.62. The van der Waals surface area contributed by atoms with E-state index in [1.165, 1.54) is 28.6 Å². The molecule has 168 valence electrons. The lowest BCUT2D eigenvalue weighted by Crippen LogP contribution is -2.48. The molecule has 2 aromatic carbocycles. The van der Waals surface area contributed by atoms with Crippen molar-refractivity contribution < 1.29 is 22.3 Å². The highest BCUT2D eigenvalue weighted by molar-refractivity contribution is 7.89. The molecule has 1 N–H and O–H groups in total. The van der Waals surface area contributed by atoms with Gasteiger partial charge in [-0.15, -0.1) is 11.3 Å². The largest absolute Gasteiger partial charge is 0.497 e. The zero-order valence-electron chi connectivity index (χ0n) is 17.3. The number of nitrogens with zero attached hydrogens (tertiary/aromatic N) is 2. The highest BCUT2D eigenvalue weighted by atomic mass is 32.2. The van der Waals surface area contributed by atoms with Crippen molar-refractivity contribution >= 4 is 38.6 Å². The Morgan fingerprint density at radius 3 is 2.53 bits per heavy atom. The Kier molecular flexibility index (Phi) is 6.45. The molecule has 0 aliphatic carbocycles. The average Bonchev–Trinajstić information content (AvgIpc) is 3.30.